The first-order valence-electron chi connectivity index (χ1n) is 2.27. The normalized spacial score (nSPS) is 9.25. The van der Waals surface area contributed by atoms with Gasteiger partial charge in [0.25, 0.3) is 0 Å². The molecule has 0 aromatic carbocycles. The fourth-order valence-corrected chi connectivity index (χ4v) is 0.370. The van der Waals surface area contributed by atoms with Crippen LogP contribution in [-0.2, 0) is 0 Å². The molecule has 1 heterocycles. The van der Waals surface area contributed by atoms with Gasteiger partial charge in [-0.25, -0.2) is 5.10 Å². The first-order chi connectivity index (χ1) is 3.80. The van der Waals surface area contributed by atoms with Gasteiger partial charge in [-0.2, -0.15) is 0 Å². The first-order valence-corrected chi connectivity index (χ1v) is 2.27. The van der Waals surface area contributed by atoms with Gasteiger partial charge < -0.3 is 4.90 Å². The van der Waals surface area contributed by atoms with Gasteiger partial charge >= 0.3 is 0 Å². The Bertz CT molecular complexity index is 143. The van der Waals surface area contributed by atoms with Crippen molar-refractivity contribution in [1.82, 2.24) is 15.4 Å². The van der Waals surface area contributed by atoms with E-state index in [9.17, 15) is 0 Å². The topological polar surface area (TPSA) is 44.8 Å². The van der Waals surface area contributed by atoms with Crippen LogP contribution in [0.15, 0.2) is 0 Å². The monoisotopic (exact) mass is 111 g/mol. The standard InChI is InChI=1S/C4H7N4/c1-8(2)4-3-5-7-6-4/h1-2H3,(H,5,6,7). The molecule has 0 fully saturated rings. The second-order valence-corrected chi connectivity index (χ2v) is 1.67. The average molecular weight is 111 g/mol. The lowest BCUT2D eigenvalue weighted by Crippen LogP contribution is -2.08. The summed E-state index contributed by atoms with van der Waals surface area (Å²) >= 11 is 0. The molecule has 0 atom stereocenters. The smallest absolute Gasteiger partial charge is 0.161 e. The Morgan fingerprint density at radius 3 is 2.62 bits per heavy atom. The summed E-state index contributed by atoms with van der Waals surface area (Å²) < 4.78 is 0. The Morgan fingerprint density at radius 2 is 2.38 bits per heavy atom. The lowest BCUT2D eigenvalue weighted by Gasteiger charge is -2.04. The maximum atomic E-state index is 3.47. The Balaban J connectivity index is 2.77. The van der Waals surface area contributed by atoms with E-state index in [0.29, 0.717) is 0 Å². The molecule has 0 aliphatic carbocycles. The molecule has 0 aliphatic heterocycles. The highest BCUT2D eigenvalue weighted by Crippen LogP contribution is 1.97. The molecule has 0 bridgehead atoms. The fraction of sp³-hybridized carbons (Fsp3) is 0.500. The van der Waals surface area contributed by atoms with Crippen LogP contribution in [0.1, 0.15) is 0 Å². The van der Waals surface area contributed by atoms with E-state index < -0.39 is 0 Å². The van der Waals surface area contributed by atoms with E-state index in [2.05, 4.69) is 21.6 Å². The maximum Gasteiger partial charge on any atom is 0.161 e. The van der Waals surface area contributed by atoms with Gasteiger partial charge in [-0.1, -0.05) is 5.21 Å². The van der Waals surface area contributed by atoms with E-state index in [-0.39, 0.29) is 0 Å². The van der Waals surface area contributed by atoms with E-state index in [0.717, 1.165) is 5.82 Å². The third kappa shape index (κ3) is 0.776. The van der Waals surface area contributed by atoms with Crippen LogP contribution in [0.25, 0.3) is 0 Å². The number of aromatic amines is 1. The van der Waals surface area contributed by atoms with Crippen LogP contribution < -0.4 is 4.90 Å². The number of aromatic nitrogens is 3. The van der Waals surface area contributed by atoms with Crippen molar-refractivity contribution in [2.24, 2.45) is 0 Å². The maximum absolute atomic E-state index is 3.47. The van der Waals surface area contributed by atoms with E-state index >= 15 is 0 Å². The molecule has 0 amide bonds. The summed E-state index contributed by atoms with van der Waals surface area (Å²) in [6.45, 7) is 0. The molecule has 1 aromatic rings. The van der Waals surface area contributed by atoms with Crippen LogP contribution >= 0.6 is 0 Å². The molecule has 0 spiro atoms. The first kappa shape index (κ1) is 5.08. The minimum absolute atomic E-state index is 0.796. The number of hydrogen-bond acceptors (Lipinski definition) is 3. The van der Waals surface area contributed by atoms with Crippen LogP contribution in [0.3, 0.4) is 0 Å². The average Bonchev–Trinajstić information content (AvgIpc) is 2.12. The molecule has 1 N–H and O–H groups in total. The molecule has 0 saturated heterocycles. The van der Waals surface area contributed by atoms with E-state index in [4.69, 9.17) is 0 Å². The van der Waals surface area contributed by atoms with Crippen molar-refractivity contribution >= 4 is 5.82 Å². The minimum Gasteiger partial charge on any atom is -0.361 e. The molecule has 1 radical (unpaired) electrons. The molecule has 0 saturated carbocycles. The highest BCUT2D eigenvalue weighted by atomic mass is 15.4. The van der Waals surface area contributed by atoms with Crippen molar-refractivity contribution in [3.63, 3.8) is 0 Å². The molecular weight excluding hydrogens is 104 g/mol. The Kier molecular flexibility index (Phi) is 1.15. The van der Waals surface area contributed by atoms with Crippen molar-refractivity contribution in [2.45, 2.75) is 0 Å². The van der Waals surface area contributed by atoms with Gasteiger partial charge in [0.15, 0.2) is 12.0 Å². The minimum atomic E-state index is 0.796. The van der Waals surface area contributed by atoms with Crippen LogP contribution in [0.4, 0.5) is 5.82 Å². The van der Waals surface area contributed by atoms with E-state index in [1.807, 2.05) is 19.0 Å². The second-order valence-electron chi connectivity index (χ2n) is 1.67. The van der Waals surface area contributed by atoms with Gasteiger partial charge in [0.05, 0.1) is 0 Å². The molecule has 1 rings (SSSR count). The molecule has 4 nitrogen and oxygen atoms in total. The predicted molar refractivity (Wildman–Crippen MR) is 29.5 cm³/mol. The number of nitrogens with zero attached hydrogens (tertiary/aromatic N) is 3. The van der Waals surface area contributed by atoms with Crippen molar-refractivity contribution in [1.29, 1.82) is 0 Å². The fourth-order valence-electron chi connectivity index (χ4n) is 0.370. The van der Waals surface area contributed by atoms with Crippen molar-refractivity contribution in [3.05, 3.63) is 6.20 Å². The van der Waals surface area contributed by atoms with Crippen LogP contribution in [-0.4, -0.2) is 29.5 Å². The molecule has 8 heavy (non-hydrogen) atoms. The number of nitrogens with one attached hydrogen (secondary N) is 1. The predicted octanol–water partition coefficient (Wildman–Crippen LogP) is -0.329. The number of anilines is 1. The Labute approximate surface area is 47.5 Å². The van der Waals surface area contributed by atoms with Crippen molar-refractivity contribution in [2.75, 3.05) is 19.0 Å². The van der Waals surface area contributed by atoms with Crippen molar-refractivity contribution < 1.29 is 0 Å². The van der Waals surface area contributed by atoms with Gasteiger partial charge in [-0.05, 0) is 0 Å². The van der Waals surface area contributed by atoms with Gasteiger partial charge in [-0.3, -0.25) is 0 Å². The quantitative estimate of drug-likeness (QED) is 0.539. The second kappa shape index (κ2) is 1.81. The summed E-state index contributed by atoms with van der Waals surface area (Å²) in [7, 11) is 3.79. The zero-order valence-corrected chi connectivity index (χ0v) is 4.84. The zero-order chi connectivity index (χ0) is 5.98. The lowest BCUT2D eigenvalue weighted by atomic mass is 10.7. The van der Waals surface area contributed by atoms with Crippen molar-refractivity contribution in [3.8, 4) is 0 Å². The molecule has 0 aliphatic rings. The Hall–Kier alpha value is -1.06. The number of hydrogen-bond donors (Lipinski definition) is 1. The Morgan fingerprint density at radius 1 is 1.62 bits per heavy atom. The SMILES string of the molecule is CN(C)c1[c]nn[nH]1. The third-order valence-corrected chi connectivity index (χ3v) is 0.809. The van der Waals surface area contributed by atoms with E-state index in [1.54, 1.807) is 0 Å². The van der Waals surface area contributed by atoms with Crippen LogP contribution in [0.5, 0.6) is 0 Å². The largest absolute Gasteiger partial charge is 0.361 e. The molecule has 4 heteroatoms. The molecule has 0 unspecified atom stereocenters. The highest BCUT2D eigenvalue weighted by molar-refractivity contribution is 5.29. The van der Waals surface area contributed by atoms with Crippen LogP contribution in [0, 0.1) is 6.20 Å². The molecule has 1 aromatic heterocycles. The number of rotatable bonds is 1. The van der Waals surface area contributed by atoms with Gasteiger partial charge in [0.2, 0.25) is 0 Å². The van der Waals surface area contributed by atoms with Gasteiger partial charge in [0.1, 0.15) is 0 Å². The van der Waals surface area contributed by atoms with Crippen LogP contribution in [0.2, 0.25) is 0 Å². The third-order valence-electron chi connectivity index (χ3n) is 0.809. The zero-order valence-electron chi connectivity index (χ0n) is 4.84. The summed E-state index contributed by atoms with van der Waals surface area (Å²) in [5.74, 6) is 0.796. The molecule has 43 valence electrons. The summed E-state index contributed by atoms with van der Waals surface area (Å²) in [6, 6.07) is 0. The summed E-state index contributed by atoms with van der Waals surface area (Å²) in [5.41, 5.74) is 0. The van der Waals surface area contributed by atoms with E-state index in [1.165, 1.54) is 0 Å². The summed E-state index contributed by atoms with van der Waals surface area (Å²) in [4.78, 5) is 1.85. The summed E-state index contributed by atoms with van der Waals surface area (Å²) in [5, 5.41) is 9.59. The molecular formula is C4H7N4. The van der Waals surface area contributed by atoms with Gasteiger partial charge in [0, 0.05) is 14.1 Å². The number of H-pyrrole nitrogens is 1. The lowest BCUT2D eigenvalue weighted by molar-refractivity contribution is 0.926. The summed E-state index contributed by atoms with van der Waals surface area (Å²) in [6.07, 6.45) is 2.65. The van der Waals surface area contributed by atoms with Gasteiger partial charge in [-0.15, -0.1) is 5.10 Å². The highest BCUT2D eigenvalue weighted by Gasteiger charge is 1.93.